The zero-order valence-corrected chi connectivity index (χ0v) is 8.94. The van der Waals surface area contributed by atoms with Crippen LogP contribution in [0.2, 0.25) is 10.0 Å². The molecule has 0 N–H and O–H groups in total. The average Bonchev–Trinajstić information content (AvgIpc) is 2.23. The van der Waals surface area contributed by atoms with Crippen LogP contribution >= 0.6 is 23.2 Å². The highest BCUT2D eigenvalue weighted by Gasteiger charge is 2.06. The Labute approximate surface area is 92.8 Å². The van der Waals surface area contributed by atoms with Gasteiger partial charge in [-0.25, -0.2) is 0 Å². The topological polar surface area (TPSA) is 0 Å². The summed E-state index contributed by atoms with van der Waals surface area (Å²) in [6.07, 6.45) is 1.71. The second-order valence-corrected chi connectivity index (χ2v) is 3.77. The van der Waals surface area contributed by atoms with Gasteiger partial charge in [-0.15, -0.1) is 0 Å². The van der Waals surface area contributed by atoms with Crippen molar-refractivity contribution in [2.75, 3.05) is 0 Å². The summed E-state index contributed by atoms with van der Waals surface area (Å²) < 4.78 is 0. The third-order valence-electron chi connectivity index (χ3n) is 2.17. The minimum absolute atomic E-state index is 0.570. The molecule has 0 radical (unpaired) electrons. The molecular weight excluding hydrogens is 215 g/mol. The molecule has 0 unspecified atom stereocenters. The molecule has 2 aromatic rings. The second kappa shape index (κ2) is 3.64. The standard InChI is InChI=1S/C12H8Cl2/c1-2-8-7-9-5-3-4-6-10(9)12(14)11(8)13/h2-7H,1H2. The summed E-state index contributed by atoms with van der Waals surface area (Å²) in [5.74, 6) is 0. The highest BCUT2D eigenvalue weighted by atomic mass is 35.5. The van der Waals surface area contributed by atoms with E-state index in [9.17, 15) is 0 Å². The van der Waals surface area contributed by atoms with E-state index in [-0.39, 0.29) is 0 Å². The Bertz CT molecular complexity index is 501. The molecule has 2 rings (SSSR count). The minimum Gasteiger partial charge on any atom is -0.0984 e. The van der Waals surface area contributed by atoms with E-state index < -0.39 is 0 Å². The molecule has 0 spiro atoms. The molecule has 0 saturated heterocycles. The molecule has 0 aliphatic carbocycles. The molecule has 2 aromatic carbocycles. The molecule has 0 bridgehead atoms. The van der Waals surface area contributed by atoms with Crippen molar-refractivity contribution < 1.29 is 0 Å². The lowest BCUT2D eigenvalue weighted by atomic mass is 10.1. The predicted molar refractivity (Wildman–Crippen MR) is 64.1 cm³/mol. The van der Waals surface area contributed by atoms with E-state index in [1.807, 2.05) is 30.3 Å². The molecule has 0 fully saturated rings. The lowest BCUT2D eigenvalue weighted by molar-refractivity contribution is 1.70. The summed E-state index contributed by atoms with van der Waals surface area (Å²) in [5.41, 5.74) is 0.871. The van der Waals surface area contributed by atoms with Crippen LogP contribution in [-0.2, 0) is 0 Å². The Balaban J connectivity index is 2.91. The molecular formula is C12H8Cl2. The van der Waals surface area contributed by atoms with E-state index in [2.05, 4.69) is 6.58 Å². The van der Waals surface area contributed by atoms with Gasteiger partial charge in [-0.3, -0.25) is 0 Å². The minimum atomic E-state index is 0.570. The van der Waals surface area contributed by atoms with Gasteiger partial charge in [0.25, 0.3) is 0 Å². The molecule has 2 heteroatoms. The first-order valence-corrected chi connectivity index (χ1v) is 4.99. The van der Waals surface area contributed by atoms with E-state index in [1.54, 1.807) is 6.08 Å². The van der Waals surface area contributed by atoms with Crippen molar-refractivity contribution in [1.29, 1.82) is 0 Å². The van der Waals surface area contributed by atoms with Crippen LogP contribution in [0.15, 0.2) is 36.9 Å². The Kier molecular flexibility index (Phi) is 2.49. The summed E-state index contributed by atoms with van der Waals surface area (Å²) in [4.78, 5) is 0. The average molecular weight is 223 g/mol. The predicted octanol–water partition coefficient (Wildman–Crippen LogP) is 4.79. The first-order chi connectivity index (χ1) is 6.74. The quantitative estimate of drug-likeness (QED) is 0.651. The molecule has 0 aliphatic rings. The largest absolute Gasteiger partial charge is 0.0984 e. The molecule has 0 aromatic heterocycles. The summed E-state index contributed by atoms with van der Waals surface area (Å²) in [5, 5.41) is 3.22. The fourth-order valence-electron chi connectivity index (χ4n) is 1.45. The fraction of sp³-hybridized carbons (Fsp3) is 0. The van der Waals surface area contributed by atoms with Crippen molar-refractivity contribution in [1.82, 2.24) is 0 Å². The van der Waals surface area contributed by atoms with Gasteiger partial charge in [0.2, 0.25) is 0 Å². The Morgan fingerprint density at radius 2 is 1.79 bits per heavy atom. The highest BCUT2D eigenvalue weighted by molar-refractivity contribution is 6.46. The fourth-order valence-corrected chi connectivity index (χ4v) is 1.96. The lowest BCUT2D eigenvalue weighted by Gasteiger charge is -2.05. The third kappa shape index (κ3) is 1.41. The van der Waals surface area contributed by atoms with Gasteiger partial charge in [0.05, 0.1) is 10.0 Å². The lowest BCUT2D eigenvalue weighted by Crippen LogP contribution is -1.80. The van der Waals surface area contributed by atoms with Crippen LogP contribution < -0.4 is 0 Å². The van der Waals surface area contributed by atoms with Gasteiger partial charge < -0.3 is 0 Å². The van der Waals surface area contributed by atoms with E-state index in [4.69, 9.17) is 23.2 Å². The monoisotopic (exact) mass is 222 g/mol. The van der Waals surface area contributed by atoms with Gasteiger partial charge in [0.15, 0.2) is 0 Å². The van der Waals surface area contributed by atoms with Gasteiger partial charge >= 0.3 is 0 Å². The second-order valence-electron chi connectivity index (χ2n) is 3.02. The number of hydrogen-bond acceptors (Lipinski definition) is 0. The van der Waals surface area contributed by atoms with E-state index in [0.29, 0.717) is 10.0 Å². The van der Waals surface area contributed by atoms with Crippen molar-refractivity contribution in [3.8, 4) is 0 Å². The van der Waals surface area contributed by atoms with Crippen LogP contribution in [0.3, 0.4) is 0 Å². The number of benzene rings is 2. The zero-order valence-electron chi connectivity index (χ0n) is 7.43. The maximum absolute atomic E-state index is 6.13. The summed E-state index contributed by atoms with van der Waals surface area (Å²) in [7, 11) is 0. The summed E-state index contributed by atoms with van der Waals surface area (Å²) >= 11 is 12.2. The normalized spacial score (nSPS) is 10.4. The number of fused-ring (bicyclic) bond motifs is 1. The van der Waals surface area contributed by atoms with E-state index in [0.717, 1.165) is 16.3 Å². The Hall–Kier alpha value is -0.980. The van der Waals surface area contributed by atoms with Crippen LogP contribution in [0, 0.1) is 0 Å². The molecule has 0 amide bonds. The van der Waals surface area contributed by atoms with Gasteiger partial charge in [-0.05, 0) is 17.0 Å². The van der Waals surface area contributed by atoms with Gasteiger partial charge in [0, 0.05) is 5.39 Å². The van der Waals surface area contributed by atoms with Gasteiger partial charge in [-0.1, -0.05) is 60.1 Å². The zero-order chi connectivity index (χ0) is 10.1. The molecule has 70 valence electrons. The smallest absolute Gasteiger partial charge is 0.0676 e. The highest BCUT2D eigenvalue weighted by Crippen LogP contribution is 2.34. The van der Waals surface area contributed by atoms with E-state index in [1.165, 1.54) is 0 Å². The molecule has 0 atom stereocenters. The van der Waals surface area contributed by atoms with E-state index >= 15 is 0 Å². The SMILES string of the molecule is C=Cc1cc2ccccc2c(Cl)c1Cl. The summed E-state index contributed by atoms with van der Waals surface area (Å²) in [6, 6.07) is 9.86. The molecule has 0 aliphatic heterocycles. The van der Waals surface area contributed by atoms with Crippen LogP contribution in [0.25, 0.3) is 16.8 Å². The van der Waals surface area contributed by atoms with Crippen molar-refractivity contribution in [3.63, 3.8) is 0 Å². The van der Waals surface area contributed by atoms with Crippen molar-refractivity contribution in [3.05, 3.63) is 52.5 Å². The van der Waals surface area contributed by atoms with Crippen LogP contribution in [0.5, 0.6) is 0 Å². The van der Waals surface area contributed by atoms with Crippen LogP contribution in [-0.4, -0.2) is 0 Å². The van der Waals surface area contributed by atoms with Gasteiger partial charge in [0.1, 0.15) is 0 Å². The maximum atomic E-state index is 6.13. The van der Waals surface area contributed by atoms with Crippen LogP contribution in [0.4, 0.5) is 0 Å². The van der Waals surface area contributed by atoms with Crippen molar-refractivity contribution in [2.24, 2.45) is 0 Å². The van der Waals surface area contributed by atoms with Crippen molar-refractivity contribution >= 4 is 40.1 Å². The first kappa shape index (κ1) is 9.57. The molecule has 0 heterocycles. The maximum Gasteiger partial charge on any atom is 0.0676 e. The first-order valence-electron chi connectivity index (χ1n) is 4.23. The molecule has 14 heavy (non-hydrogen) atoms. The Morgan fingerprint density at radius 1 is 1.07 bits per heavy atom. The van der Waals surface area contributed by atoms with Gasteiger partial charge in [-0.2, -0.15) is 0 Å². The van der Waals surface area contributed by atoms with Crippen LogP contribution in [0.1, 0.15) is 5.56 Å². The number of hydrogen-bond donors (Lipinski definition) is 0. The summed E-state index contributed by atoms with van der Waals surface area (Å²) in [6.45, 7) is 3.70. The van der Waals surface area contributed by atoms with Crippen molar-refractivity contribution in [2.45, 2.75) is 0 Å². The molecule has 0 saturated carbocycles. The Morgan fingerprint density at radius 3 is 2.50 bits per heavy atom. The third-order valence-corrected chi connectivity index (χ3v) is 3.07. The molecule has 0 nitrogen and oxygen atoms in total. The number of rotatable bonds is 1. The number of halogens is 2.